The second kappa shape index (κ2) is 4.02. The maximum Gasteiger partial charge on any atom is 0.226 e. The van der Waals surface area contributed by atoms with Gasteiger partial charge >= 0.3 is 0 Å². The van der Waals surface area contributed by atoms with Crippen LogP contribution in [0.3, 0.4) is 0 Å². The van der Waals surface area contributed by atoms with Crippen LogP contribution >= 0.6 is 0 Å². The Labute approximate surface area is 97.6 Å². The predicted octanol–water partition coefficient (Wildman–Crippen LogP) is 1.24. The first-order valence-corrected chi connectivity index (χ1v) is 6.84. The fourth-order valence-electron chi connectivity index (χ4n) is 3.64. The lowest BCUT2D eigenvalue weighted by Crippen LogP contribution is -2.59. The molecule has 0 radical (unpaired) electrons. The average Bonchev–Trinajstić information content (AvgIpc) is 2.96. The largest absolute Gasteiger partial charge is 0.337 e. The van der Waals surface area contributed by atoms with Gasteiger partial charge in [-0.3, -0.25) is 4.79 Å². The Kier molecular flexibility index (Phi) is 2.66. The number of carbonyl (C=O) groups is 1. The molecule has 3 rings (SSSR count). The van der Waals surface area contributed by atoms with Crippen molar-refractivity contribution in [2.45, 2.75) is 38.6 Å². The Bertz CT molecular complexity index is 276. The quantitative estimate of drug-likeness (QED) is 0.779. The summed E-state index contributed by atoms with van der Waals surface area (Å²) in [6.07, 6.45) is 5.31. The summed E-state index contributed by atoms with van der Waals surface area (Å²) < 4.78 is 0. The number of likely N-dealkylation sites (N-methyl/N-ethyl adjacent to an activating group) is 1. The minimum absolute atomic E-state index is 0.406. The Morgan fingerprint density at radius 2 is 1.88 bits per heavy atom. The summed E-state index contributed by atoms with van der Waals surface area (Å²) in [5, 5.41) is 3.26. The van der Waals surface area contributed by atoms with Crippen LogP contribution in [0.15, 0.2) is 0 Å². The molecule has 1 N–H and O–H groups in total. The molecule has 3 heteroatoms. The number of nitrogens with one attached hydrogen (secondary N) is 1. The van der Waals surface area contributed by atoms with E-state index in [2.05, 4.69) is 17.1 Å². The molecule has 2 saturated carbocycles. The minimum atomic E-state index is 0.406. The summed E-state index contributed by atoms with van der Waals surface area (Å²) >= 11 is 0. The molecular weight excluding hydrogens is 200 g/mol. The van der Waals surface area contributed by atoms with Crippen molar-refractivity contribution in [3.05, 3.63) is 0 Å². The third-order valence-corrected chi connectivity index (χ3v) is 4.77. The lowest BCUT2D eigenvalue weighted by atomic mass is 10.0. The second-order valence-corrected chi connectivity index (χ2v) is 5.57. The summed E-state index contributed by atoms with van der Waals surface area (Å²) in [6, 6.07) is 0.486. The highest BCUT2D eigenvalue weighted by Gasteiger charge is 2.56. The molecule has 3 fully saturated rings. The highest BCUT2D eigenvalue weighted by atomic mass is 16.2. The third-order valence-electron chi connectivity index (χ3n) is 4.77. The lowest BCUT2D eigenvalue weighted by molar-refractivity contribution is -0.136. The fourth-order valence-corrected chi connectivity index (χ4v) is 3.64. The van der Waals surface area contributed by atoms with Crippen LogP contribution in [0.2, 0.25) is 0 Å². The molecule has 0 spiro atoms. The number of hydrogen-bond acceptors (Lipinski definition) is 2. The smallest absolute Gasteiger partial charge is 0.226 e. The summed E-state index contributed by atoms with van der Waals surface area (Å²) in [5.41, 5.74) is 0. The van der Waals surface area contributed by atoms with Crippen LogP contribution in [0.25, 0.3) is 0 Å². The molecule has 90 valence electrons. The molecule has 2 aliphatic carbocycles. The summed E-state index contributed by atoms with van der Waals surface area (Å²) in [7, 11) is 0. The first-order valence-electron chi connectivity index (χ1n) is 6.84. The number of carbonyl (C=O) groups excluding carboxylic acids is 1. The van der Waals surface area contributed by atoms with Crippen LogP contribution in [0.5, 0.6) is 0 Å². The van der Waals surface area contributed by atoms with Gasteiger partial charge in [-0.1, -0.05) is 12.8 Å². The topological polar surface area (TPSA) is 32.3 Å². The molecule has 1 heterocycles. The van der Waals surface area contributed by atoms with E-state index >= 15 is 0 Å². The van der Waals surface area contributed by atoms with Crippen molar-refractivity contribution in [1.29, 1.82) is 0 Å². The van der Waals surface area contributed by atoms with Gasteiger partial charge in [0.15, 0.2) is 0 Å². The van der Waals surface area contributed by atoms with E-state index in [1.54, 1.807) is 0 Å². The van der Waals surface area contributed by atoms with Gasteiger partial charge in [0.25, 0.3) is 0 Å². The molecule has 0 aromatic rings. The molecule has 0 aromatic carbocycles. The van der Waals surface area contributed by atoms with Crippen LogP contribution in [0.1, 0.15) is 32.6 Å². The minimum Gasteiger partial charge on any atom is -0.337 e. The highest BCUT2D eigenvalue weighted by molar-refractivity contribution is 5.82. The van der Waals surface area contributed by atoms with Gasteiger partial charge < -0.3 is 10.2 Å². The average molecular weight is 222 g/mol. The zero-order valence-electron chi connectivity index (χ0n) is 10.1. The van der Waals surface area contributed by atoms with Crippen LogP contribution in [0, 0.1) is 17.8 Å². The van der Waals surface area contributed by atoms with Gasteiger partial charge in [-0.05, 0) is 31.6 Å². The summed E-state index contributed by atoms with van der Waals surface area (Å²) in [5.74, 6) is 2.38. The van der Waals surface area contributed by atoms with E-state index in [0.717, 1.165) is 31.5 Å². The zero-order chi connectivity index (χ0) is 11.1. The molecule has 1 aliphatic heterocycles. The van der Waals surface area contributed by atoms with Crippen LogP contribution in [0.4, 0.5) is 0 Å². The predicted molar refractivity (Wildman–Crippen MR) is 63.0 cm³/mol. The third kappa shape index (κ3) is 1.56. The zero-order valence-corrected chi connectivity index (χ0v) is 10.1. The van der Waals surface area contributed by atoms with E-state index in [1.807, 2.05) is 0 Å². The molecule has 0 aromatic heterocycles. The van der Waals surface area contributed by atoms with Crippen molar-refractivity contribution in [1.82, 2.24) is 10.2 Å². The molecule has 16 heavy (non-hydrogen) atoms. The Balaban J connectivity index is 1.63. The van der Waals surface area contributed by atoms with Gasteiger partial charge in [0, 0.05) is 25.6 Å². The van der Waals surface area contributed by atoms with Gasteiger partial charge in [0.05, 0.1) is 6.04 Å². The van der Waals surface area contributed by atoms with Crippen molar-refractivity contribution in [3.8, 4) is 0 Å². The standard InChI is InChI=1S/C13H22N2O/c1-2-15(9-7-14-8-9)13(16)12-10-5-3-4-6-11(10)12/h9-12,14H,2-8H2,1H3. The first kappa shape index (κ1) is 10.6. The highest BCUT2D eigenvalue weighted by Crippen LogP contribution is 2.56. The van der Waals surface area contributed by atoms with Crippen LogP contribution in [-0.4, -0.2) is 36.5 Å². The van der Waals surface area contributed by atoms with E-state index in [4.69, 9.17) is 0 Å². The van der Waals surface area contributed by atoms with Crippen molar-refractivity contribution < 1.29 is 4.79 Å². The lowest BCUT2D eigenvalue weighted by Gasteiger charge is -2.38. The van der Waals surface area contributed by atoms with Crippen molar-refractivity contribution in [2.75, 3.05) is 19.6 Å². The number of rotatable bonds is 3. The van der Waals surface area contributed by atoms with Crippen LogP contribution in [-0.2, 0) is 4.79 Å². The van der Waals surface area contributed by atoms with Crippen molar-refractivity contribution in [2.24, 2.45) is 17.8 Å². The molecule has 2 unspecified atom stereocenters. The van der Waals surface area contributed by atoms with E-state index < -0.39 is 0 Å². The first-order chi connectivity index (χ1) is 7.83. The second-order valence-electron chi connectivity index (χ2n) is 5.57. The molecule has 1 amide bonds. The van der Waals surface area contributed by atoms with Gasteiger partial charge in [0.1, 0.15) is 0 Å². The molecule has 2 atom stereocenters. The maximum atomic E-state index is 12.4. The van der Waals surface area contributed by atoms with Gasteiger partial charge in [-0.2, -0.15) is 0 Å². The molecule has 1 saturated heterocycles. The van der Waals surface area contributed by atoms with Crippen molar-refractivity contribution in [3.63, 3.8) is 0 Å². The van der Waals surface area contributed by atoms with Crippen LogP contribution < -0.4 is 5.32 Å². The molecule has 3 nitrogen and oxygen atoms in total. The van der Waals surface area contributed by atoms with E-state index in [9.17, 15) is 4.79 Å². The summed E-state index contributed by atoms with van der Waals surface area (Å²) in [6.45, 7) is 5.01. The normalized spacial score (nSPS) is 37.4. The number of hydrogen-bond donors (Lipinski definition) is 1. The number of amides is 1. The monoisotopic (exact) mass is 222 g/mol. The maximum absolute atomic E-state index is 12.4. The van der Waals surface area contributed by atoms with Crippen molar-refractivity contribution >= 4 is 5.91 Å². The van der Waals surface area contributed by atoms with Gasteiger partial charge in [-0.15, -0.1) is 0 Å². The SMILES string of the molecule is CCN(C(=O)C1C2CCCCC21)C1CNC1. The Hall–Kier alpha value is -0.570. The van der Waals surface area contributed by atoms with E-state index in [0.29, 0.717) is 17.9 Å². The Morgan fingerprint density at radius 3 is 2.31 bits per heavy atom. The summed E-state index contributed by atoms with van der Waals surface area (Å²) in [4.78, 5) is 14.6. The van der Waals surface area contributed by atoms with Gasteiger partial charge in [0.2, 0.25) is 5.91 Å². The number of fused-ring (bicyclic) bond motifs is 1. The Morgan fingerprint density at radius 1 is 1.25 bits per heavy atom. The van der Waals surface area contributed by atoms with E-state index in [-0.39, 0.29) is 0 Å². The molecule has 3 aliphatic rings. The number of nitrogens with zero attached hydrogens (tertiary/aromatic N) is 1. The van der Waals surface area contributed by atoms with E-state index in [1.165, 1.54) is 25.7 Å². The fraction of sp³-hybridized carbons (Fsp3) is 0.923. The molecular formula is C13H22N2O. The van der Waals surface area contributed by atoms with Gasteiger partial charge in [-0.25, -0.2) is 0 Å². The molecule has 0 bridgehead atoms.